The minimum absolute atomic E-state index is 0.132. The molecule has 286 valence electrons. The number of phosphoric ester groups is 1. The molecule has 10 nitrogen and oxygen atoms in total. The predicted molar refractivity (Wildman–Crippen MR) is 200 cm³/mol. The summed E-state index contributed by atoms with van der Waals surface area (Å²) < 4.78 is 32.5. The van der Waals surface area contributed by atoms with E-state index in [0.717, 1.165) is 64.2 Å². The van der Waals surface area contributed by atoms with E-state index in [2.05, 4.69) is 54.8 Å². The molecule has 50 heavy (non-hydrogen) atoms. The minimum Gasteiger partial charge on any atom is -0.462 e. The second-order valence-electron chi connectivity index (χ2n) is 11.9. The van der Waals surface area contributed by atoms with Crippen molar-refractivity contribution in [2.75, 3.05) is 26.4 Å². The third-order valence-corrected chi connectivity index (χ3v) is 8.15. The molecule has 0 rings (SSSR count). The van der Waals surface area contributed by atoms with Gasteiger partial charge in [-0.15, -0.1) is 0 Å². The maximum Gasteiger partial charge on any atom is 0.472 e. The Hall–Kier alpha value is -2.59. The van der Waals surface area contributed by atoms with Crippen molar-refractivity contribution in [3.8, 4) is 0 Å². The van der Waals surface area contributed by atoms with Crippen molar-refractivity contribution in [3.63, 3.8) is 0 Å². The summed E-state index contributed by atoms with van der Waals surface area (Å²) in [7, 11) is -4.63. The fraction of sp³-hybridized carbons (Fsp3) is 0.641. The topological polar surface area (TPSA) is 149 Å². The Bertz CT molecular complexity index is 1060. The molecule has 0 fully saturated rings. The van der Waals surface area contributed by atoms with Crippen molar-refractivity contribution in [1.82, 2.24) is 0 Å². The Kier molecular flexibility index (Phi) is 33.0. The molecule has 0 aromatic rings. The number of ether oxygens (including phenoxy) is 2. The van der Waals surface area contributed by atoms with Gasteiger partial charge in [0.05, 0.1) is 19.8 Å². The van der Waals surface area contributed by atoms with Gasteiger partial charge in [-0.25, -0.2) is 4.57 Å². The number of phosphoric acid groups is 1. The Labute approximate surface area is 301 Å². The molecule has 0 amide bonds. The van der Waals surface area contributed by atoms with Crippen molar-refractivity contribution in [3.05, 3.63) is 72.9 Å². The smallest absolute Gasteiger partial charge is 0.462 e. The van der Waals surface area contributed by atoms with Crippen LogP contribution in [0, 0.1) is 0 Å². The highest BCUT2D eigenvalue weighted by Crippen LogP contribution is 2.43. The van der Waals surface area contributed by atoms with E-state index in [1.54, 1.807) is 0 Å². The first-order chi connectivity index (χ1) is 24.2. The van der Waals surface area contributed by atoms with Crippen LogP contribution in [-0.4, -0.2) is 65.7 Å². The van der Waals surface area contributed by atoms with Crippen LogP contribution < -0.4 is 0 Å². The van der Waals surface area contributed by atoms with Crippen LogP contribution in [0.5, 0.6) is 0 Å². The molecular weight excluding hydrogens is 659 g/mol. The zero-order valence-corrected chi connectivity index (χ0v) is 31.5. The van der Waals surface area contributed by atoms with Gasteiger partial charge in [0.1, 0.15) is 12.7 Å². The molecule has 0 saturated carbocycles. The molecule has 0 saturated heterocycles. The maximum absolute atomic E-state index is 12.5. The molecule has 0 aliphatic rings. The molecule has 3 atom stereocenters. The van der Waals surface area contributed by atoms with Crippen LogP contribution in [0.2, 0.25) is 0 Å². The van der Waals surface area contributed by atoms with Crippen LogP contribution in [0.15, 0.2) is 72.9 Å². The van der Waals surface area contributed by atoms with Gasteiger partial charge < -0.3 is 24.6 Å². The number of hydrogen-bond donors (Lipinski definition) is 3. The molecule has 0 aromatic carbocycles. The summed E-state index contributed by atoms with van der Waals surface area (Å²) in [5.74, 6) is -0.991. The number of esters is 2. The van der Waals surface area contributed by atoms with Crippen molar-refractivity contribution >= 4 is 19.8 Å². The van der Waals surface area contributed by atoms with Gasteiger partial charge in [-0.1, -0.05) is 125 Å². The van der Waals surface area contributed by atoms with Crippen LogP contribution in [0.3, 0.4) is 0 Å². The van der Waals surface area contributed by atoms with Crippen molar-refractivity contribution in [2.45, 2.75) is 135 Å². The summed E-state index contributed by atoms with van der Waals surface area (Å²) in [4.78, 5) is 34.8. The SMILES string of the molecule is CC/C=C/C=C/C=C/C=C/CCCCCC(=O)OC(COC(=O)CCCCCCCCC/C=C/C/C=C/CC)COP(=O)(O)OC[C@@H](O)CO. The van der Waals surface area contributed by atoms with E-state index < -0.39 is 51.8 Å². The summed E-state index contributed by atoms with van der Waals surface area (Å²) in [5, 5.41) is 18.3. The Morgan fingerprint density at radius 3 is 1.80 bits per heavy atom. The van der Waals surface area contributed by atoms with Crippen LogP contribution in [0.1, 0.15) is 123 Å². The summed E-state index contributed by atoms with van der Waals surface area (Å²) >= 11 is 0. The second-order valence-corrected chi connectivity index (χ2v) is 13.4. The molecule has 0 bridgehead atoms. The lowest BCUT2D eigenvalue weighted by atomic mass is 10.1. The molecule has 0 aliphatic carbocycles. The monoisotopic (exact) mass is 724 g/mol. The normalized spacial score (nSPS) is 14.9. The lowest BCUT2D eigenvalue weighted by molar-refractivity contribution is -0.161. The molecule has 11 heteroatoms. The molecule has 0 aliphatic heterocycles. The van der Waals surface area contributed by atoms with E-state index in [1.807, 2.05) is 36.5 Å². The van der Waals surface area contributed by atoms with E-state index in [1.165, 1.54) is 19.3 Å². The summed E-state index contributed by atoms with van der Waals surface area (Å²) in [6, 6.07) is 0. The van der Waals surface area contributed by atoms with E-state index in [0.29, 0.717) is 12.8 Å². The van der Waals surface area contributed by atoms with Gasteiger partial charge in [-0.05, 0) is 57.8 Å². The van der Waals surface area contributed by atoms with Gasteiger partial charge in [0.25, 0.3) is 0 Å². The quantitative estimate of drug-likeness (QED) is 0.0197. The zero-order chi connectivity index (χ0) is 37.0. The fourth-order valence-electron chi connectivity index (χ4n) is 4.39. The first kappa shape index (κ1) is 47.4. The largest absolute Gasteiger partial charge is 0.472 e. The number of aliphatic hydroxyl groups is 2. The van der Waals surface area contributed by atoms with Gasteiger partial charge in [0, 0.05) is 12.8 Å². The highest BCUT2D eigenvalue weighted by atomic mass is 31.2. The second kappa shape index (κ2) is 34.8. The highest BCUT2D eigenvalue weighted by Gasteiger charge is 2.27. The first-order valence-corrected chi connectivity index (χ1v) is 19.9. The van der Waals surface area contributed by atoms with Gasteiger partial charge in [0.2, 0.25) is 0 Å². The zero-order valence-electron chi connectivity index (χ0n) is 30.6. The van der Waals surface area contributed by atoms with E-state index >= 15 is 0 Å². The average molecular weight is 725 g/mol. The van der Waals surface area contributed by atoms with E-state index in [-0.39, 0.29) is 19.4 Å². The number of carbonyl (C=O) groups is 2. The predicted octanol–water partition coefficient (Wildman–Crippen LogP) is 8.94. The first-order valence-electron chi connectivity index (χ1n) is 18.4. The highest BCUT2D eigenvalue weighted by molar-refractivity contribution is 7.47. The molecule has 0 spiro atoms. The van der Waals surface area contributed by atoms with Gasteiger partial charge in [-0.2, -0.15) is 0 Å². The number of aliphatic hydroxyl groups excluding tert-OH is 2. The number of rotatable bonds is 33. The summed E-state index contributed by atoms with van der Waals surface area (Å²) in [5.41, 5.74) is 0. The Morgan fingerprint density at radius 2 is 1.14 bits per heavy atom. The lowest BCUT2D eigenvalue weighted by Crippen LogP contribution is -2.29. The van der Waals surface area contributed by atoms with Crippen molar-refractivity contribution in [1.29, 1.82) is 0 Å². The van der Waals surface area contributed by atoms with Crippen LogP contribution in [0.4, 0.5) is 0 Å². The third kappa shape index (κ3) is 33.9. The summed E-state index contributed by atoms with van der Waals surface area (Å²) in [6.07, 6.45) is 37.4. The fourth-order valence-corrected chi connectivity index (χ4v) is 5.18. The average Bonchev–Trinajstić information content (AvgIpc) is 3.10. The number of allylic oxidation sites excluding steroid dienone is 12. The van der Waals surface area contributed by atoms with Crippen molar-refractivity contribution in [2.24, 2.45) is 0 Å². The van der Waals surface area contributed by atoms with E-state index in [9.17, 15) is 24.2 Å². The lowest BCUT2D eigenvalue weighted by Gasteiger charge is -2.20. The van der Waals surface area contributed by atoms with Crippen LogP contribution >= 0.6 is 7.82 Å². The van der Waals surface area contributed by atoms with Gasteiger partial charge >= 0.3 is 19.8 Å². The Morgan fingerprint density at radius 1 is 0.620 bits per heavy atom. The molecule has 0 aromatic heterocycles. The third-order valence-electron chi connectivity index (χ3n) is 7.20. The summed E-state index contributed by atoms with van der Waals surface area (Å²) in [6.45, 7) is 2.03. The van der Waals surface area contributed by atoms with Gasteiger partial charge in [0.15, 0.2) is 6.10 Å². The number of carbonyl (C=O) groups excluding carboxylic acids is 2. The van der Waals surface area contributed by atoms with Crippen LogP contribution in [0.25, 0.3) is 0 Å². The van der Waals surface area contributed by atoms with Crippen LogP contribution in [-0.2, 0) is 32.7 Å². The number of unbranched alkanes of at least 4 members (excludes halogenated alkanes) is 10. The van der Waals surface area contributed by atoms with E-state index in [4.69, 9.17) is 19.1 Å². The molecule has 2 unspecified atom stereocenters. The minimum atomic E-state index is -4.63. The van der Waals surface area contributed by atoms with Gasteiger partial charge in [-0.3, -0.25) is 18.6 Å². The standard InChI is InChI=1S/C39H65O10P/c1-3-5-7-9-11-13-15-17-19-20-22-24-26-28-30-38(42)46-34-37(35-48-50(44,45)47-33-36(41)32-40)49-39(43)31-29-27-25-23-21-18-16-14-12-10-8-6-4-2/h5-8,10-14,16,18,21,36-37,40-41H,3-4,9,15,17,19-20,22-35H2,1-2H3,(H,44,45)/b7-5+,8-6+,12-10+,13-11+,16-14+,21-18+/t36-,37?/m0/s1. The maximum atomic E-state index is 12.5. The molecule has 0 heterocycles. The molecule has 3 N–H and O–H groups in total. The number of hydrogen-bond acceptors (Lipinski definition) is 9. The van der Waals surface area contributed by atoms with Crippen molar-refractivity contribution < 1.29 is 47.8 Å². The molecule has 0 radical (unpaired) electrons. The molecular formula is C39H65O10P. The Balaban J connectivity index is 4.48.